The summed E-state index contributed by atoms with van der Waals surface area (Å²) in [7, 11) is 0. The number of benzene rings is 2. The van der Waals surface area contributed by atoms with Gasteiger partial charge in [-0.25, -0.2) is 17.9 Å². The van der Waals surface area contributed by atoms with Gasteiger partial charge in [0.05, 0.1) is 17.5 Å². The van der Waals surface area contributed by atoms with Crippen molar-refractivity contribution in [2.45, 2.75) is 31.5 Å². The van der Waals surface area contributed by atoms with Crippen molar-refractivity contribution in [1.82, 2.24) is 9.78 Å². The maximum atomic E-state index is 14.4. The van der Waals surface area contributed by atoms with Gasteiger partial charge in [-0.1, -0.05) is 6.07 Å². The molecule has 2 heterocycles. The van der Waals surface area contributed by atoms with Gasteiger partial charge in [0.15, 0.2) is 17.3 Å². The van der Waals surface area contributed by atoms with Gasteiger partial charge in [-0.05, 0) is 42.3 Å². The van der Waals surface area contributed by atoms with Crippen LogP contribution in [0.4, 0.5) is 32.0 Å². The third-order valence-electron chi connectivity index (χ3n) is 5.50. The van der Waals surface area contributed by atoms with Crippen LogP contribution in [0.25, 0.3) is 5.69 Å². The molecule has 0 saturated carbocycles. The number of aryl methyl sites for hydroxylation is 1. The van der Waals surface area contributed by atoms with Crippen LogP contribution >= 0.6 is 0 Å². The minimum absolute atomic E-state index is 0.00967. The second-order valence-corrected chi connectivity index (χ2v) is 8.09. The lowest BCUT2D eigenvalue weighted by atomic mass is 10.0. The molecular weight excluding hydrogens is 464 g/mol. The van der Waals surface area contributed by atoms with Crippen molar-refractivity contribution in [3.8, 4) is 5.69 Å². The fourth-order valence-electron chi connectivity index (χ4n) is 3.73. The van der Waals surface area contributed by atoms with E-state index in [2.05, 4.69) is 5.10 Å². The highest BCUT2D eigenvalue weighted by Crippen LogP contribution is 2.30. The Morgan fingerprint density at radius 3 is 2.35 bits per heavy atom. The maximum absolute atomic E-state index is 14.4. The van der Waals surface area contributed by atoms with Gasteiger partial charge in [0.1, 0.15) is 11.6 Å². The zero-order valence-electron chi connectivity index (χ0n) is 17.6. The van der Waals surface area contributed by atoms with Crippen LogP contribution in [0.1, 0.15) is 23.4 Å². The van der Waals surface area contributed by atoms with Gasteiger partial charge in [0.2, 0.25) is 0 Å². The molecule has 0 bridgehead atoms. The van der Waals surface area contributed by atoms with Gasteiger partial charge in [-0.15, -0.1) is 0 Å². The third-order valence-corrected chi connectivity index (χ3v) is 5.50. The van der Waals surface area contributed by atoms with E-state index in [1.807, 2.05) is 0 Å². The van der Waals surface area contributed by atoms with Crippen molar-refractivity contribution in [2.75, 3.05) is 18.0 Å². The van der Waals surface area contributed by atoms with E-state index in [-0.39, 0.29) is 36.4 Å². The normalized spacial score (nSPS) is 14.4. The summed E-state index contributed by atoms with van der Waals surface area (Å²) in [6.45, 7) is 0.640. The number of carbonyl (C=O) groups excluding carboxylic acids is 1. The Labute approximate surface area is 190 Å². The first kappa shape index (κ1) is 23.8. The van der Waals surface area contributed by atoms with E-state index < -0.39 is 35.4 Å². The number of carbonyl (C=O) groups is 1. The van der Waals surface area contributed by atoms with Crippen LogP contribution in [0.2, 0.25) is 0 Å². The number of anilines is 1. The molecule has 11 heteroatoms. The topological polar surface area (TPSA) is 58.4 Å². The number of aliphatic hydroxyl groups excluding tert-OH is 1. The molecule has 0 unspecified atom stereocenters. The minimum Gasteiger partial charge on any atom is -0.389 e. The van der Waals surface area contributed by atoms with E-state index in [0.717, 1.165) is 28.9 Å². The predicted octanol–water partition coefficient (Wildman–Crippen LogP) is 4.23. The predicted molar refractivity (Wildman–Crippen MR) is 110 cm³/mol. The third kappa shape index (κ3) is 5.09. The van der Waals surface area contributed by atoms with E-state index in [1.165, 1.54) is 12.1 Å². The molecule has 0 amide bonds. The average molecular weight is 483 g/mol. The number of ketones is 1. The number of aromatic nitrogens is 2. The summed E-state index contributed by atoms with van der Waals surface area (Å²) < 4.78 is 81.6. The Balaban J connectivity index is 1.47. The van der Waals surface area contributed by atoms with Crippen LogP contribution in [-0.2, 0) is 23.8 Å². The minimum atomic E-state index is -4.77. The molecular formula is C23H19F6N3O2. The Kier molecular flexibility index (Phi) is 6.39. The quantitative estimate of drug-likeness (QED) is 0.511. The largest absolute Gasteiger partial charge is 0.435 e. The number of halogens is 6. The summed E-state index contributed by atoms with van der Waals surface area (Å²) in [5.74, 6) is -3.30. The van der Waals surface area contributed by atoms with Crippen molar-refractivity contribution in [3.05, 3.63) is 76.9 Å². The van der Waals surface area contributed by atoms with Crippen LogP contribution < -0.4 is 4.90 Å². The van der Waals surface area contributed by atoms with E-state index in [0.29, 0.717) is 24.3 Å². The van der Waals surface area contributed by atoms with Crippen molar-refractivity contribution >= 4 is 11.5 Å². The lowest BCUT2D eigenvalue weighted by Gasteiger charge is -2.38. The zero-order valence-corrected chi connectivity index (χ0v) is 17.6. The van der Waals surface area contributed by atoms with Crippen LogP contribution in [-0.4, -0.2) is 39.9 Å². The van der Waals surface area contributed by atoms with Gasteiger partial charge in [0, 0.05) is 37.7 Å². The lowest BCUT2D eigenvalue weighted by molar-refractivity contribution is -0.141. The molecule has 0 radical (unpaired) electrons. The second kappa shape index (κ2) is 9.13. The SMILES string of the molecule is O=C(CCc1cc(C(F)(F)F)nn1-c1ccc(F)c(F)c1)Cc1ccc(N2CC(O)C2)c(F)c1. The number of rotatable bonds is 7. The van der Waals surface area contributed by atoms with E-state index in [1.54, 1.807) is 11.0 Å². The number of alkyl halides is 3. The standard InChI is InChI=1S/C23H19F6N3O2/c24-18-5-3-14(9-19(18)25)32-15(10-22(30-32)23(27,28)29)2-4-16(33)7-13-1-6-21(20(26)8-13)31-11-17(34)12-31/h1,3,5-6,8-10,17,34H,2,4,7,11-12H2. The maximum Gasteiger partial charge on any atom is 0.435 e. The Hall–Kier alpha value is -3.34. The van der Waals surface area contributed by atoms with E-state index >= 15 is 0 Å². The first-order valence-corrected chi connectivity index (χ1v) is 10.4. The van der Waals surface area contributed by atoms with Crippen LogP contribution in [0.15, 0.2) is 42.5 Å². The second-order valence-electron chi connectivity index (χ2n) is 8.09. The first-order chi connectivity index (χ1) is 16.0. The lowest BCUT2D eigenvalue weighted by Crippen LogP contribution is -2.51. The van der Waals surface area contributed by atoms with Gasteiger partial charge < -0.3 is 10.0 Å². The van der Waals surface area contributed by atoms with Crippen molar-refractivity contribution in [2.24, 2.45) is 0 Å². The zero-order chi connectivity index (χ0) is 24.6. The molecule has 34 heavy (non-hydrogen) atoms. The van der Waals surface area contributed by atoms with Crippen LogP contribution in [0.5, 0.6) is 0 Å². The number of β-amino-alcohol motifs (C(OH)–C–C–N with tert-alkyl or cyclic N) is 1. The van der Waals surface area contributed by atoms with Crippen LogP contribution in [0.3, 0.4) is 0 Å². The van der Waals surface area contributed by atoms with Gasteiger partial charge in [-0.2, -0.15) is 18.3 Å². The number of hydrogen-bond acceptors (Lipinski definition) is 4. The molecule has 0 spiro atoms. The summed E-state index contributed by atoms with van der Waals surface area (Å²) in [5, 5.41) is 12.8. The molecule has 180 valence electrons. The monoisotopic (exact) mass is 483 g/mol. The molecule has 1 aromatic heterocycles. The molecule has 1 aliphatic rings. The molecule has 4 rings (SSSR count). The van der Waals surface area contributed by atoms with Gasteiger partial charge >= 0.3 is 6.18 Å². The van der Waals surface area contributed by atoms with Gasteiger partial charge in [0.25, 0.3) is 0 Å². The number of aliphatic hydroxyl groups is 1. The number of nitrogens with zero attached hydrogens (tertiary/aromatic N) is 3. The molecule has 1 fully saturated rings. The highest BCUT2D eigenvalue weighted by Gasteiger charge is 2.35. The molecule has 3 aromatic rings. The number of hydrogen-bond donors (Lipinski definition) is 1. The average Bonchev–Trinajstić information content (AvgIpc) is 3.17. The Bertz CT molecular complexity index is 1220. The van der Waals surface area contributed by atoms with E-state index in [9.17, 15) is 36.2 Å². The van der Waals surface area contributed by atoms with Crippen LogP contribution in [0, 0.1) is 17.5 Å². The first-order valence-electron chi connectivity index (χ1n) is 10.4. The molecule has 5 nitrogen and oxygen atoms in total. The summed E-state index contributed by atoms with van der Waals surface area (Å²) >= 11 is 0. The van der Waals surface area contributed by atoms with Crippen molar-refractivity contribution in [1.29, 1.82) is 0 Å². The van der Waals surface area contributed by atoms with Crippen molar-refractivity contribution in [3.63, 3.8) is 0 Å². The Morgan fingerprint density at radius 1 is 1.00 bits per heavy atom. The highest BCUT2D eigenvalue weighted by molar-refractivity contribution is 5.81. The Morgan fingerprint density at radius 2 is 1.74 bits per heavy atom. The number of Topliss-reactive ketones (excluding diaryl/α,β-unsaturated/α-hetero) is 1. The molecule has 0 atom stereocenters. The molecule has 1 saturated heterocycles. The summed E-state index contributed by atoms with van der Waals surface area (Å²) in [4.78, 5) is 14.1. The van der Waals surface area contributed by atoms with Gasteiger partial charge in [-0.3, -0.25) is 4.79 Å². The van der Waals surface area contributed by atoms with E-state index in [4.69, 9.17) is 0 Å². The smallest absolute Gasteiger partial charge is 0.389 e. The molecule has 0 aliphatic carbocycles. The fourth-order valence-corrected chi connectivity index (χ4v) is 3.73. The molecule has 2 aromatic carbocycles. The molecule has 1 N–H and O–H groups in total. The van der Waals surface area contributed by atoms with Crippen molar-refractivity contribution < 1.29 is 36.2 Å². The molecule has 1 aliphatic heterocycles. The summed E-state index contributed by atoms with van der Waals surface area (Å²) in [6.07, 6.45) is -5.72. The summed E-state index contributed by atoms with van der Waals surface area (Å²) in [6, 6.07) is 7.63. The fraction of sp³-hybridized carbons (Fsp3) is 0.304. The summed E-state index contributed by atoms with van der Waals surface area (Å²) in [5.41, 5.74) is -0.641. The highest BCUT2D eigenvalue weighted by atomic mass is 19.4.